The van der Waals surface area contributed by atoms with Crippen molar-refractivity contribution >= 4 is 23.5 Å². The van der Waals surface area contributed by atoms with Gasteiger partial charge in [0.25, 0.3) is 5.91 Å². The number of urea groups is 1. The third kappa shape index (κ3) is 3.71. The van der Waals surface area contributed by atoms with Crippen LogP contribution in [-0.4, -0.2) is 46.8 Å². The van der Waals surface area contributed by atoms with Crippen LogP contribution in [0.3, 0.4) is 0 Å². The summed E-state index contributed by atoms with van der Waals surface area (Å²) in [5.74, 6) is -0.530. The van der Waals surface area contributed by atoms with Gasteiger partial charge in [-0.3, -0.25) is 14.5 Å². The standard InChI is InChI=1S/C19H24N4O3/c1-13-11-16(20)15(18(25)22-10-6-5-9-17(22)24)12-23(13)19(26)21-14-7-3-2-4-8-14/h2-4,7-8,13H,5-6,9-12,20H2,1H3,(H,21,26)/t13-/m0/s1. The monoisotopic (exact) mass is 356 g/mol. The number of carbonyl (C=O) groups is 3. The Morgan fingerprint density at radius 1 is 1.19 bits per heavy atom. The van der Waals surface area contributed by atoms with E-state index in [0.29, 0.717) is 36.3 Å². The average molecular weight is 356 g/mol. The van der Waals surface area contributed by atoms with E-state index in [2.05, 4.69) is 5.32 Å². The third-order valence-electron chi connectivity index (χ3n) is 4.88. The highest BCUT2D eigenvalue weighted by atomic mass is 16.2. The van der Waals surface area contributed by atoms with Gasteiger partial charge in [-0.2, -0.15) is 0 Å². The Bertz CT molecular complexity index is 744. The topological polar surface area (TPSA) is 95.7 Å². The molecule has 2 aliphatic heterocycles. The van der Waals surface area contributed by atoms with Gasteiger partial charge in [-0.05, 0) is 31.9 Å². The molecule has 3 rings (SSSR count). The first-order valence-corrected chi connectivity index (χ1v) is 8.92. The number of anilines is 1. The van der Waals surface area contributed by atoms with Crippen molar-refractivity contribution in [1.82, 2.24) is 9.80 Å². The number of carbonyl (C=O) groups excluding carboxylic acids is 3. The number of rotatable bonds is 2. The second kappa shape index (κ2) is 7.59. The minimum atomic E-state index is -0.364. The minimum absolute atomic E-state index is 0.105. The summed E-state index contributed by atoms with van der Waals surface area (Å²) in [5, 5.41) is 2.84. The molecule has 138 valence electrons. The molecule has 1 aromatic carbocycles. The number of hydrogen-bond donors (Lipinski definition) is 2. The van der Waals surface area contributed by atoms with E-state index in [9.17, 15) is 14.4 Å². The fraction of sp³-hybridized carbons (Fsp3) is 0.421. The summed E-state index contributed by atoms with van der Waals surface area (Å²) in [6.45, 7) is 2.42. The Balaban J connectivity index is 1.75. The van der Waals surface area contributed by atoms with Crippen LogP contribution in [0.15, 0.2) is 41.6 Å². The molecule has 0 aromatic heterocycles. The molecule has 0 saturated carbocycles. The minimum Gasteiger partial charge on any atom is -0.402 e. The molecule has 1 atom stereocenters. The lowest BCUT2D eigenvalue weighted by Crippen LogP contribution is -2.50. The second-order valence-corrected chi connectivity index (χ2v) is 6.79. The quantitative estimate of drug-likeness (QED) is 0.793. The summed E-state index contributed by atoms with van der Waals surface area (Å²) in [4.78, 5) is 40.4. The Hall–Kier alpha value is -2.83. The Morgan fingerprint density at radius 2 is 1.92 bits per heavy atom. The molecule has 26 heavy (non-hydrogen) atoms. The first-order valence-electron chi connectivity index (χ1n) is 8.92. The molecule has 2 heterocycles. The van der Waals surface area contributed by atoms with Crippen LogP contribution in [0, 0.1) is 0 Å². The van der Waals surface area contributed by atoms with E-state index in [1.54, 1.807) is 17.0 Å². The van der Waals surface area contributed by atoms with Gasteiger partial charge in [0.2, 0.25) is 5.91 Å². The summed E-state index contributed by atoms with van der Waals surface area (Å²) in [7, 11) is 0. The van der Waals surface area contributed by atoms with E-state index in [1.807, 2.05) is 25.1 Å². The number of para-hydroxylation sites is 1. The molecular weight excluding hydrogens is 332 g/mol. The highest BCUT2D eigenvalue weighted by molar-refractivity contribution is 6.05. The van der Waals surface area contributed by atoms with Crippen LogP contribution in [-0.2, 0) is 9.59 Å². The molecule has 7 nitrogen and oxygen atoms in total. The zero-order valence-electron chi connectivity index (χ0n) is 14.9. The number of likely N-dealkylation sites (tertiary alicyclic amines) is 1. The van der Waals surface area contributed by atoms with E-state index in [1.165, 1.54) is 4.90 Å². The highest BCUT2D eigenvalue weighted by Crippen LogP contribution is 2.24. The number of nitrogens with zero attached hydrogens (tertiary/aromatic N) is 2. The molecular formula is C19H24N4O3. The van der Waals surface area contributed by atoms with Crippen LogP contribution in [0.1, 0.15) is 32.6 Å². The molecule has 1 fully saturated rings. The van der Waals surface area contributed by atoms with Crippen molar-refractivity contribution in [2.45, 2.75) is 38.6 Å². The number of nitrogens with one attached hydrogen (secondary N) is 1. The first-order chi connectivity index (χ1) is 12.5. The van der Waals surface area contributed by atoms with Crippen LogP contribution in [0.25, 0.3) is 0 Å². The SMILES string of the molecule is C[C@H]1CC(N)=C(C(=O)N2CCCCC2=O)CN1C(=O)Nc1ccccc1. The van der Waals surface area contributed by atoms with Gasteiger partial charge in [0.05, 0.1) is 12.1 Å². The predicted octanol–water partition coefficient (Wildman–Crippen LogP) is 2.06. The van der Waals surface area contributed by atoms with Gasteiger partial charge in [0, 0.05) is 36.8 Å². The molecule has 0 bridgehead atoms. The molecule has 1 saturated heterocycles. The fourth-order valence-corrected chi connectivity index (χ4v) is 3.36. The van der Waals surface area contributed by atoms with Crippen molar-refractivity contribution in [1.29, 1.82) is 0 Å². The summed E-state index contributed by atoms with van der Waals surface area (Å²) in [5.41, 5.74) is 7.60. The number of piperidine rings is 1. The van der Waals surface area contributed by atoms with Crippen molar-refractivity contribution in [3.63, 3.8) is 0 Å². The zero-order chi connectivity index (χ0) is 18.7. The molecule has 3 N–H and O–H groups in total. The highest BCUT2D eigenvalue weighted by Gasteiger charge is 2.34. The van der Waals surface area contributed by atoms with Gasteiger partial charge in [-0.15, -0.1) is 0 Å². The van der Waals surface area contributed by atoms with Gasteiger partial charge in [0.15, 0.2) is 0 Å². The van der Waals surface area contributed by atoms with Gasteiger partial charge in [-0.25, -0.2) is 4.79 Å². The summed E-state index contributed by atoms with van der Waals surface area (Å²) >= 11 is 0. The molecule has 0 unspecified atom stereocenters. The van der Waals surface area contributed by atoms with Crippen LogP contribution in [0.5, 0.6) is 0 Å². The Kier molecular flexibility index (Phi) is 5.25. The third-order valence-corrected chi connectivity index (χ3v) is 4.88. The molecule has 0 radical (unpaired) electrons. The Labute approximate surface area is 152 Å². The van der Waals surface area contributed by atoms with Crippen LogP contribution < -0.4 is 11.1 Å². The lowest BCUT2D eigenvalue weighted by atomic mass is 9.98. The molecule has 0 aliphatic carbocycles. The van der Waals surface area contributed by atoms with Crippen molar-refractivity contribution in [2.24, 2.45) is 5.73 Å². The van der Waals surface area contributed by atoms with Crippen molar-refractivity contribution in [3.8, 4) is 0 Å². The largest absolute Gasteiger partial charge is 0.402 e. The molecule has 0 spiro atoms. The van der Waals surface area contributed by atoms with Crippen LogP contribution in [0.4, 0.5) is 10.5 Å². The number of benzene rings is 1. The summed E-state index contributed by atoms with van der Waals surface area (Å²) in [6.07, 6.45) is 2.40. The van der Waals surface area contributed by atoms with Crippen LogP contribution >= 0.6 is 0 Å². The maximum atomic E-state index is 12.8. The van der Waals surface area contributed by atoms with Gasteiger partial charge >= 0.3 is 6.03 Å². The summed E-state index contributed by atoms with van der Waals surface area (Å²) < 4.78 is 0. The predicted molar refractivity (Wildman–Crippen MR) is 98.0 cm³/mol. The van der Waals surface area contributed by atoms with E-state index < -0.39 is 0 Å². The zero-order valence-corrected chi connectivity index (χ0v) is 14.9. The normalized spacial score (nSPS) is 21.0. The fourth-order valence-electron chi connectivity index (χ4n) is 3.36. The molecule has 4 amide bonds. The number of imide groups is 1. The summed E-state index contributed by atoms with van der Waals surface area (Å²) in [6, 6.07) is 8.73. The number of amides is 4. The maximum absolute atomic E-state index is 12.8. The van der Waals surface area contributed by atoms with Crippen molar-refractivity contribution in [2.75, 3.05) is 18.4 Å². The van der Waals surface area contributed by atoms with Gasteiger partial charge in [0.1, 0.15) is 0 Å². The number of hydrogen-bond acceptors (Lipinski definition) is 4. The van der Waals surface area contributed by atoms with Crippen molar-refractivity contribution < 1.29 is 14.4 Å². The molecule has 2 aliphatic rings. The van der Waals surface area contributed by atoms with E-state index in [4.69, 9.17) is 5.73 Å². The van der Waals surface area contributed by atoms with Crippen molar-refractivity contribution in [3.05, 3.63) is 41.6 Å². The molecule has 1 aromatic rings. The van der Waals surface area contributed by atoms with Gasteiger partial charge < -0.3 is 16.0 Å². The van der Waals surface area contributed by atoms with E-state index in [0.717, 1.165) is 12.8 Å². The van der Waals surface area contributed by atoms with E-state index >= 15 is 0 Å². The van der Waals surface area contributed by atoms with E-state index in [-0.39, 0.29) is 30.4 Å². The second-order valence-electron chi connectivity index (χ2n) is 6.79. The number of nitrogens with two attached hydrogens (primary N) is 1. The first kappa shape index (κ1) is 18.0. The van der Waals surface area contributed by atoms with Crippen LogP contribution in [0.2, 0.25) is 0 Å². The maximum Gasteiger partial charge on any atom is 0.322 e. The lowest BCUT2D eigenvalue weighted by molar-refractivity contribution is -0.144. The average Bonchev–Trinajstić information content (AvgIpc) is 2.62. The Morgan fingerprint density at radius 3 is 2.62 bits per heavy atom. The van der Waals surface area contributed by atoms with Gasteiger partial charge in [-0.1, -0.05) is 18.2 Å². The lowest BCUT2D eigenvalue weighted by Gasteiger charge is -2.36. The molecule has 7 heteroatoms. The smallest absolute Gasteiger partial charge is 0.322 e.